The second-order valence-electron chi connectivity index (χ2n) is 6.29. The summed E-state index contributed by atoms with van der Waals surface area (Å²) in [7, 11) is -2.62. The minimum atomic E-state index is -1.25. The average Bonchev–Trinajstić information content (AvgIpc) is 1.78. The third kappa shape index (κ3) is 10.5. The third-order valence-corrected chi connectivity index (χ3v) is 11.6. The van der Waals surface area contributed by atoms with Crippen LogP contribution in [0.2, 0.25) is 51.5 Å². The lowest BCUT2D eigenvalue weighted by atomic mass is 11.7. The van der Waals surface area contributed by atoms with E-state index in [1.165, 1.54) is 5.67 Å². The molecule has 4 heteroatoms. The Bertz CT molecular complexity index is 146. The molecule has 0 bridgehead atoms. The van der Waals surface area contributed by atoms with Crippen molar-refractivity contribution < 1.29 is 4.43 Å². The van der Waals surface area contributed by atoms with Gasteiger partial charge in [0, 0.05) is 14.3 Å². The van der Waals surface area contributed by atoms with Gasteiger partial charge in [-0.3, -0.25) is 0 Å². The maximum absolute atomic E-state index is 5.96. The van der Waals surface area contributed by atoms with Crippen molar-refractivity contribution in [2.24, 2.45) is 0 Å². The molecule has 0 amide bonds. The molecule has 0 heterocycles. The van der Waals surface area contributed by atoms with E-state index in [-0.39, 0.29) is 0 Å². The molecule has 0 aromatic heterocycles. The number of rotatable bonds is 5. The van der Waals surface area contributed by atoms with Crippen LogP contribution in [0.5, 0.6) is 0 Å². The van der Waals surface area contributed by atoms with Crippen LogP contribution in [0.1, 0.15) is 0 Å². The Morgan fingerprint density at radius 1 is 1.00 bits per heavy atom. The van der Waals surface area contributed by atoms with Crippen molar-refractivity contribution in [3.63, 3.8) is 0 Å². The topological polar surface area (TPSA) is 9.23 Å². The van der Waals surface area contributed by atoms with E-state index in [9.17, 15) is 0 Å². The molecule has 0 aromatic rings. The summed E-state index contributed by atoms with van der Waals surface area (Å²) < 4.78 is 5.96. The Hall–Kier alpha value is 0.611. The molecule has 0 N–H and O–H groups in total. The van der Waals surface area contributed by atoms with Gasteiger partial charge in [0.1, 0.15) is 0 Å². The van der Waals surface area contributed by atoms with Crippen LogP contribution in [0.3, 0.4) is 0 Å². The van der Waals surface area contributed by atoms with Crippen LogP contribution in [0, 0.1) is 0 Å². The molecular formula is C9H26OSi3. The molecule has 0 saturated heterocycles. The second kappa shape index (κ2) is 4.91. The zero-order valence-corrected chi connectivity index (χ0v) is 13.6. The quantitative estimate of drug-likeness (QED) is 0.664. The van der Waals surface area contributed by atoms with Crippen LogP contribution in [-0.2, 0) is 4.43 Å². The summed E-state index contributed by atoms with van der Waals surface area (Å²) in [6.45, 7) is 16.7. The van der Waals surface area contributed by atoms with Gasteiger partial charge in [0.05, 0.1) is 8.80 Å². The highest BCUT2D eigenvalue weighted by atomic mass is 28.4. The van der Waals surface area contributed by atoms with Crippen molar-refractivity contribution in [2.45, 2.75) is 51.5 Å². The van der Waals surface area contributed by atoms with Crippen molar-refractivity contribution in [2.75, 3.05) is 6.23 Å². The molecule has 0 aliphatic rings. The van der Waals surface area contributed by atoms with Crippen LogP contribution in [0.25, 0.3) is 0 Å². The molecule has 0 aliphatic carbocycles. The van der Waals surface area contributed by atoms with Gasteiger partial charge in [0.25, 0.3) is 0 Å². The van der Waals surface area contributed by atoms with E-state index in [0.717, 1.165) is 6.23 Å². The van der Waals surface area contributed by atoms with Crippen molar-refractivity contribution in [3.8, 4) is 0 Å². The predicted octanol–water partition coefficient (Wildman–Crippen LogP) is 3.11. The molecular weight excluding hydrogens is 208 g/mol. The number of hydrogen-bond donors (Lipinski definition) is 0. The van der Waals surface area contributed by atoms with Crippen molar-refractivity contribution in [1.82, 2.24) is 0 Å². The molecule has 0 aliphatic heterocycles. The van der Waals surface area contributed by atoms with E-state index in [1.54, 1.807) is 0 Å². The van der Waals surface area contributed by atoms with Gasteiger partial charge in [-0.2, -0.15) is 0 Å². The van der Waals surface area contributed by atoms with E-state index < -0.39 is 25.2 Å². The van der Waals surface area contributed by atoms with E-state index in [1.807, 2.05) is 0 Å². The van der Waals surface area contributed by atoms with Crippen LogP contribution >= 0.6 is 0 Å². The summed E-state index contributed by atoms with van der Waals surface area (Å²) in [4.78, 5) is 0. The first kappa shape index (κ1) is 13.6. The Morgan fingerprint density at radius 3 is 1.77 bits per heavy atom. The van der Waals surface area contributed by atoms with Gasteiger partial charge >= 0.3 is 0 Å². The summed E-state index contributed by atoms with van der Waals surface area (Å²) in [5.74, 6) is 0. The first-order valence-corrected chi connectivity index (χ1v) is 15.1. The average molecular weight is 235 g/mol. The molecule has 0 saturated carbocycles. The fraction of sp³-hybridized carbons (Fsp3) is 1.00. The molecule has 0 radical (unpaired) electrons. The number of hydrogen-bond acceptors (Lipinski definition) is 1. The highest BCUT2D eigenvalue weighted by Crippen LogP contribution is 2.12. The van der Waals surface area contributed by atoms with E-state index in [2.05, 4.69) is 45.8 Å². The molecule has 0 fully saturated rings. The maximum Gasteiger partial charge on any atom is 0.183 e. The Labute approximate surface area is 87.6 Å². The smallest absolute Gasteiger partial charge is 0.183 e. The van der Waals surface area contributed by atoms with Crippen LogP contribution < -0.4 is 0 Å². The molecule has 80 valence electrons. The van der Waals surface area contributed by atoms with Gasteiger partial charge in [-0.1, -0.05) is 31.9 Å². The van der Waals surface area contributed by atoms with E-state index in [0.29, 0.717) is 0 Å². The molecule has 1 unspecified atom stereocenters. The monoisotopic (exact) mass is 234 g/mol. The lowest BCUT2D eigenvalue weighted by molar-refractivity contribution is 0.376. The standard InChI is InChI=1S/C9H26OSi3/c1-11(9-12(2,3)4)8-10-13(5,6)7/h11H,8-9H2,1-7H3. The molecule has 1 atom stereocenters. The Kier molecular flexibility index (Phi) is 5.14. The van der Waals surface area contributed by atoms with Crippen molar-refractivity contribution in [3.05, 3.63) is 0 Å². The highest BCUT2D eigenvalue weighted by molar-refractivity contribution is 6.87. The first-order chi connectivity index (χ1) is 5.60. The van der Waals surface area contributed by atoms with Gasteiger partial charge < -0.3 is 4.43 Å². The molecule has 1 nitrogen and oxygen atoms in total. The van der Waals surface area contributed by atoms with E-state index >= 15 is 0 Å². The summed E-state index contributed by atoms with van der Waals surface area (Å²) in [5.41, 5.74) is 1.53. The van der Waals surface area contributed by atoms with Crippen molar-refractivity contribution >= 4 is 25.2 Å². The van der Waals surface area contributed by atoms with Gasteiger partial charge in [0.2, 0.25) is 0 Å². The minimum absolute atomic E-state index is 0.553. The van der Waals surface area contributed by atoms with Gasteiger partial charge in [-0.15, -0.1) is 0 Å². The second-order valence-corrected chi connectivity index (χ2v) is 20.1. The fourth-order valence-corrected chi connectivity index (χ4v) is 13.5. The summed E-state index contributed by atoms with van der Waals surface area (Å²) in [6, 6.07) is 0. The predicted molar refractivity (Wildman–Crippen MR) is 70.5 cm³/mol. The molecule has 0 spiro atoms. The maximum atomic E-state index is 5.96. The largest absolute Gasteiger partial charge is 0.421 e. The zero-order chi connectivity index (χ0) is 10.7. The first-order valence-electron chi connectivity index (χ1n) is 5.24. The van der Waals surface area contributed by atoms with Crippen LogP contribution in [0.4, 0.5) is 0 Å². The van der Waals surface area contributed by atoms with Crippen LogP contribution in [-0.4, -0.2) is 31.4 Å². The zero-order valence-electron chi connectivity index (χ0n) is 10.4. The molecule has 13 heavy (non-hydrogen) atoms. The van der Waals surface area contributed by atoms with Gasteiger partial charge in [-0.25, -0.2) is 0 Å². The van der Waals surface area contributed by atoms with Gasteiger partial charge in [-0.05, 0) is 19.6 Å². The SMILES string of the molecule is C[SiH](CO[Si](C)(C)C)C[Si](C)(C)C. The molecule has 0 rings (SSSR count). The summed E-state index contributed by atoms with van der Waals surface area (Å²) in [6.07, 6.45) is 1.11. The minimum Gasteiger partial charge on any atom is -0.421 e. The van der Waals surface area contributed by atoms with Gasteiger partial charge in [0.15, 0.2) is 8.32 Å². The van der Waals surface area contributed by atoms with Crippen LogP contribution in [0.15, 0.2) is 0 Å². The van der Waals surface area contributed by atoms with E-state index in [4.69, 9.17) is 4.43 Å². The fourth-order valence-electron chi connectivity index (χ4n) is 1.50. The third-order valence-electron chi connectivity index (χ3n) is 1.76. The highest BCUT2D eigenvalue weighted by Gasteiger charge is 2.21. The normalized spacial score (nSPS) is 15.9. The Balaban J connectivity index is 3.70. The van der Waals surface area contributed by atoms with Crippen molar-refractivity contribution in [1.29, 1.82) is 0 Å². The molecule has 0 aromatic carbocycles. The lowest BCUT2D eigenvalue weighted by Gasteiger charge is -2.24. The lowest BCUT2D eigenvalue weighted by Crippen LogP contribution is -2.35. The summed E-state index contributed by atoms with van der Waals surface area (Å²) >= 11 is 0. The summed E-state index contributed by atoms with van der Waals surface area (Å²) in [5, 5.41) is 0. The Morgan fingerprint density at radius 2 is 1.46 bits per heavy atom.